The molecule has 0 aliphatic heterocycles. The highest BCUT2D eigenvalue weighted by atomic mass is 32.1. The third-order valence-corrected chi connectivity index (χ3v) is 12.2. The van der Waals surface area contributed by atoms with Crippen LogP contribution in [0, 0.1) is 0 Å². The van der Waals surface area contributed by atoms with Crippen LogP contribution in [-0.2, 0) is 5.41 Å². The zero-order valence-electron chi connectivity index (χ0n) is 30.2. The quantitative estimate of drug-likeness (QED) is 0.177. The SMILES string of the molecule is CC1(C)c2cc(-c3cccc(-c4nc(-c5ccccc5)nc(-n5c6ccccc6c6ccccc65)n4)c3)ccc2-c2c1ccc1nc(-c3ccccc3)sc21. The maximum absolute atomic E-state index is 5.20. The summed E-state index contributed by atoms with van der Waals surface area (Å²) >= 11 is 1.79. The lowest BCUT2D eigenvalue weighted by Gasteiger charge is -2.22. The first-order chi connectivity index (χ1) is 27.0. The van der Waals surface area contributed by atoms with Gasteiger partial charge in [-0.05, 0) is 58.1 Å². The number of benzene rings is 7. The van der Waals surface area contributed by atoms with Crippen LogP contribution in [0.4, 0.5) is 0 Å². The Morgan fingerprint density at radius 2 is 1.07 bits per heavy atom. The van der Waals surface area contributed by atoms with E-state index in [1.165, 1.54) is 27.0 Å². The summed E-state index contributed by atoms with van der Waals surface area (Å²) < 4.78 is 3.41. The standard InChI is InChI=1S/C49H33N5S/c1-49(2)38-26-27-40-44(55-47(50-40)31-16-7-4-8-17-31)43(38)37-25-24-33(29-39(37)49)32-18-13-19-34(28-32)46-51-45(30-14-5-3-6-15-30)52-48(53-46)54-41-22-11-9-20-35(41)36-21-10-12-23-42(36)54/h3-29H,1-2H3. The zero-order valence-corrected chi connectivity index (χ0v) is 31.0. The molecule has 0 saturated heterocycles. The second kappa shape index (κ2) is 12.1. The molecule has 11 rings (SSSR count). The van der Waals surface area contributed by atoms with Crippen molar-refractivity contribution in [3.05, 3.63) is 175 Å². The molecule has 6 heteroatoms. The van der Waals surface area contributed by atoms with Gasteiger partial charge in [-0.1, -0.05) is 147 Å². The van der Waals surface area contributed by atoms with E-state index in [2.05, 4.69) is 164 Å². The molecule has 55 heavy (non-hydrogen) atoms. The number of thiazole rings is 1. The minimum atomic E-state index is -0.167. The minimum absolute atomic E-state index is 0.167. The van der Waals surface area contributed by atoms with Gasteiger partial charge in [0.05, 0.1) is 21.3 Å². The second-order valence-electron chi connectivity index (χ2n) is 14.7. The lowest BCUT2D eigenvalue weighted by molar-refractivity contribution is 0.661. The van der Waals surface area contributed by atoms with Crippen molar-refractivity contribution in [3.63, 3.8) is 0 Å². The Kier molecular flexibility index (Phi) is 7.00. The van der Waals surface area contributed by atoms with Crippen molar-refractivity contribution >= 4 is 43.4 Å². The van der Waals surface area contributed by atoms with Gasteiger partial charge >= 0.3 is 0 Å². The zero-order chi connectivity index (χ0) is 36.7. The van der Waals surface area contributed by atoms with Crippen LogP contribution in [-0.4, -0.2) is 24.5 Å². The molecule has 5 nitrogen and oxygen atoms in total. The van der Waals surface area contributed by atoms with Gasteiger partial charge in [-0.3, -0.25) is 4.57 Å². The van der Waals surface area contributed by atoms with Crippen LogP contribution >= 0.6 is 11.3 Å². The van der Waals surface area contributed by atoms with E-state index >= 15 is 0 Å². The molecule has 0 saturated carbocycles. The Bertz CT molecular complexity index is 3070. The summed E-state index contributed by atoms with van der Waals surface area (Å²) in [5.74, 6) is 1.85. The van der Waals surface area contributed by atoms with E-state index in [0.717, 1.165) is 60.1 Å². The van der Waals surface area contributed by atoms with Gasteiger partial charge in [0, 0.05) is 38.4 Å². The molecule has 3 aromatic heterocycles. The molecule has 0 atom stereocenters. The molecule has 1 aliphatic carbocycles. The molecule has 0 fully saturated rings. The molecule has 7 aromatic carbocycles. The van der Waals surface area contributed by atoms with Gasteiger partial charge in [-0.25, -0.2) is 9.97 Å². The molecule has 0 unspecified atom stereocenters. The number of nitrogens with zero attached hydrogens (tertiary/aromatic N) is 5. The highest BCUT2D eigenvalue weighted by molar-refractivity contribution is 7.22. The molecule has 0 N–H and O–H groups in total. The summed E-state index contributed by atoms with van der Waals surface area (Å²) in [6.45, 7) is 4.68. The van der Waals surface area contributed by atoms with Crippen molar-refractivity contribution in [2.45, 2.75) is 19.3 Å². The summed E-state index contributed by atoms with van der Waals surface area (Å²) in [4.78, 5) is 20.5. The maximum atomic E-state index is 5.20. The molecular weight excluding hydrogens is 691 g/mol. The van der Waals surface area contributed by atoms with E-state index in [1.807, 2.05) is 18.2 Å². The Morgan fingerprint density at radius 3 is 1.80 bits per heavy atom. The largest absolute Gasteiger partial charge is 0.278 e. The van der Waals surface area contributed by atoms with Crippen LogP contribution in [0.2, 0.25) is 0 Å². The average Bonchev–Trinajstić information content (AvgIpc) is 3.90. The average molecular weight is 724 g/mol. The number of para-hydroxylation sites is 2. The summed E-state index contributed by atoms with van der Waals surface area (Å²) in [5, 5.41) is 3.38. The van der Waals surface area contributed by atoms with Crippen LogP contribution in [0.3, 0.4) is 0 Å². The lowest BCUT2D eigenvalue weighted by atomic mass is 9.81. The summed E-state index contributed by atoms with van der Waals surface area (Å²) in [6, 6.07) is 57.6. The Morgan fingerprint density at radius 1 is 0.473 bits per heavy atom. The fraction of sp³-hybridized carbons (Fsp3) is 0.0612. The van der Waals surface area contributed by atoms with Gasteiger partial charge in [0.2, 0.25) is 5.95 Å². The topological polar surface area (TPSA) is 56.5 Å². The first kappa shape index (κ1) is 31.7. The number of hydrogen-bond acceptors (Lipinski definition) is 5. The fourth-order valence-electron chi connectivity index (χ4n) is 8.37. The molecule has 1 aliphatic rings. The minimum Gasteiger partial charge on any atom is -0.278 e. The number of aromatic nitrogens is 5. The van der Waals surface area contributed by atoms with E-state index in [-0.39, 0.29) is 5.41 Å². The van der Waals surface area contributed by atoms with Crippen molar-refractivity contribution < 1.29 is 0 Å². The predicted molar refractivity (Wildman–Crippen MR) is 227 cm³/mol. The Balaban J connectivity index is 1.04. The third-order valence-electron chi connectivity index (χ3n) is 11.1. The molecule has 260 valence electrons. The Hall–Kier alpha value is -6.76. The molecule has 10 aromatic rings. The van der Waals surface area contributed by atoms with E-state index < -0.39 is 0 Å². The monoisotopic (exact) mass is 723 g/mol. The number of hydrogen-bond donors (Lipinski definition) is 0. The van der Waals surface area contributed by atoms with Gasteiger partial charge < -0.3 is 0 Å². The Labute approximate surface area is 322 Å². The van der Waals surface area contributed by atoms with Crippen LogP contribution in [0.15, 0.2) is 164 Å². The first-order valence-electron chi connectivity index (χ1n) is 18.6. The molecule has 0 amide bonds. The smallest absolute Gasteiger partial charge is 0.238 e. The summed E-state index contributed by atoms with van der Waals surface area (Å²) in [6.07, 6.45) is 0. The molecular formula is C49H33N5S. The van der Waals surface area contributed by atoms with Crippen molar-refractivity contribution in [1.29, 1.82) is 0 Å². The molecule has 3 heterocycles. The van der Waals surface area contributed by atoms with E-state index in [1.54, 1.807) is 11.3 Å². The first-order valence-corrected chi connectivity index (χ1v) is 19.4. The van der Waals surface area contributed by atoms with Crippen molar-refractivity contribution in [1.82, 2.24) is 24.5 Å². The third kappa shape index (κ3) is 4.99. The molecule has 0 spiro atoms. The highest BCUT2D eigenvalue weighted by Crippen LogP contribution is 2.53. The van der Waals surface area contributed by atoms with Crippen LogP contribution < -0.4 is 0 Å². The van der Waals surface area contributed by atoms with Gasteiger partial charge in [0.1, 0.15) is 5.01 Å². The summed E-state index contributed by atoms with van der Waals surface area (Å²) in [7, 11) is 0. The van der Waals surface area contributed by atoms with Crippen LogP contribution in [0.5, 0.6) is 0 Å². The maximum Gasteiger partial charge on any atom is 0.238 e. The van der Waals surface area contributed by atoms with Gasteiger partial charge in [-0.15, -0.1) is 11.3 Å². The van der Waals surface area contributed by atoms with Crippen molar-refractivity contribution in [3.8, 4) is 61.5 Å². The normalized spacial score (nSPS) is 13.1. The van der Waals surface area contributed by atoms with Crippen molar-refractivity contribution in [2.75, 3.05) is 0 Å². The van der Waals surface area contributed by atoms with Crippen LogP contribution in [0.25, 0.3) is 93.6 Å². The number of rotatable bonds is 5. The van der Waals surface area contributed by atoms with E-state index in [9.17, 15) is 0 Å². The predicted octanol–water partition coefficient (Wildman–Crippen LogP) is 12.6. The highest BCUT2D eigenvalue weighted by Gasteiger charge is 2.37. The van der Waals surface area contributed by atoms with Gasteiger partial charge in [-0.2, -0.15) is 9.97 Å². The van der Waals surface area contributed by atoms with Crippen molar-refractivity contribution in [2.24, 2.45) is 0 Å². The second-order valence-corrected chi connectivity index (χ2v) is 15.7. The van der Waals surface area contributed by atoms with E-state index in [4.69, 9.17) is 19.9 Å². The lowest BCUT2D eigenvalue weighted by Crippen LogP contribution is -2.14. The molecule has 0 bridgehead atoms. The van der Waals surface area contributed by atoms with E-state index in [0.29, 0.717) is 17.6 Å². The number of fused-ring (bicyclic) bond motifs is 8. The van der Waals surface area contributed by atoms with Crippen LogP contribution in [0.1, 0.15) is 25.0 Å². The molecule has 0 radical (unpaired) electrons. The van der Waals surface area contributed by atoms with Gasteiger partial charge in [0.25, 0.3) is 0 Å². The van der Waals surface area contributed by atoms with Gasteiger partial charge in [0.15, 0.2) is 11.6 Å². The fourth-order valence-corrected chi connectivity index (χ4v) is 9.51. The summed E-state index contributed by atoms with van der Waals surface area (Å²) in [5.41, 5.74) is 13.6.